The van der Waals surface area contributed by atoms with Crippen LogP contribution in [0.25, 0.3) is 0 Å². The molecular formula is C13H20ClNO3. The highest BCUT2D eigenvalue weighted by Gasteiger charge is 2.20. The van der Waals surface area contributed by atoms with E-state index in [4.69, 9.17) is 14.2 Å². The van der Waals surface area contributed by atoms with Crippen molar-refractivity contribution in [2.45, 2.75) is 18.9 Å². The first-order chi connectivity index (χ1) is 8.30. The molecule has 0 bridgehead atoms. The van der Waals surface area contributed by atoms with E-state index in [1.165, 1.54) is 12.0 Å². The maximum absolute atomic E-state index is 5.35. The Bertz CT molecular complexity index is 367. The summed E-state index contributed by atoms with van der Waals surface area (Å²) in [5, 5.41) is 3.46. The lowest BCUT2D eigenvalue weighted by Gasteiger charge is -2.17. The van der Waals surface area contributed by atoms with Gasteiger partial charge in [0.1, 0.15) is 0 Å². The van der Waals surface area contributed by atoms with Gasteiger partial charge in [0, 0.05) is 6.04 Å². The fourth-order valence-corrected chi connectivity index (χ4v) is 2.27. The summed E-state index contributed by atoms with van der Waals surface area (Å²) in [6.45, 7) is 1.07. The van der Waals surface area contributed by atoms with Gasteiger partial charge in [-0.3, -0.25) is 0 Å². The van der Waals surface area contributed by atoms with E-state index in [0.717, 1.165) is 24.5 Å². The Kier molecular flexibility index (Phi) is 5.56. The third kappa shape index (κ3) is 2.82. The highest BCUT2D eigenvalue weighted by Crippen LogP contribution is 2.40. The van der Waals surface area contributed by atoms with Crippen LogP contribution in [0.15, 0.2) is 12.1 Å². The van der Waals surface area contributed by atoms with Crippen LogP contribution in [-0.4, -0.2) is 27.9 Å². The van der Waals surface area contributed by atoms with Crippen LogP contribution in [0.1, 0.15) is 24.4 Å². The van der Waals surface area contributed by atoms with Gasteiger partial charge in [0.2, 0.25) is 5.75 Å². The third-order valence-corrected chi connectivity index (χ3v) is 3.15. The number of hydrogen-bond donors (Lipinski definition) is 1. The summed E-state index contributed by atoms with van der Waals surface area (Å²) in [4.78, 5) is 0. The van der Waals surface area contributed by atoms with Gasteiger partial charge in [0.05, 0.1) is 21.3 Å². The molecule has 1 unspecified atom stereocenters. The fourth-order valence-electron chi connectivity index (χ4n) is 2.27. The van der Waals surface area contributed by atoms with Crippen molar-refractivity contribution >= 4 is 12.4 Å². The summed E-state index contributed by atoms with van der Waals surface area (Å²) in [6, 6.07) is 4.43. The zero-order valence-electron chi connectivity index (χ0n) is 11.0. The van der Waals surface area contributed by atoms with E-state index in [1.807, 2.05) is 12.1 Å². The van der Waals surface area contributed by atoms with E-state index in [-0.39, 0.29) is 12.4 Å². The molecule has 0 spiro atoms. The standard InChI is InChI=1S/C13H19NO3.ClH/c1-15-11-7-9(10-5-4-6-14-10)8-12(16-2)13(11)17-3;/h7-8,10,14H,4-6H2,1-3H3;1H. The average molecular weight is 274 g/mol. The molecule has 18 heavy (non-hydrogen) atoms. The summed E-state index contributed by atoms with van der Waals surface area (Å²) >= 11 is 0. The van der Waals surface area contributed by atoms with Crippen LogP contribution in [0, 0.1) is 0 Å². The molecule has 102 valence electrons. The van der Waals surface area contributed by atoms with Crippen molar-refractivity contribution in [2.24, 2.45) is 0 Å². The van der Waals surface area contributed by atoms with Crippen LogP contribution < -0.4 is 19.5 Å². The van der Waals surface area contributed by atoms with Gasteiger partial charge in [0.15, 0.2) is 11.5 Å². The highest BCUT2D eigenvalue weighted by molar-refractivity contribution is 5.85. The number of ether oxygens (including phenoxy) is 3. The second-order valence-corrected chi connectivity index (χ2v) is 4.11. The zero-order chi connectivity index (χ0) is 12.3. The molecule has 1 saturated heterocycles. The van der Waals surface area contributed by atoms with Crippen molar-refractivity contribution in [3.8, 4) is 17.2 Å². The van der Waals surface area contributed by atoms with E-state index >= 15 is 0 Å². The molecule has 1 aromatic carbocycles. The van der Waals surface area contributed by atoms with Gasteiger partial charge in [-0.05, 0) is 37.1 Å². The van der Waals surface area contributed by atoms with Crippen molar-refractivity contribution in [3.05, 3.63) is 17.7 Å². The summed E-state index contributed by atoms with van der Waals surface area (Å²) < 4.78 is 16.0. The van der Waals surface area contributed by atoms with Crippen LogP contribution >= 0.6 is 12.4 Å². The molecule has 0 aliphatic carbocycles. The summed E-state index contributed by atoms with van der Waals surface area (Å²) in [5.74, 6) is 2.09. The maximum Gasteiger partial charge on any atom is 0.203 e. The lowest BCUT2D eigenvalue weighted by molar-refractivity contribution is 0.323. The van der Waals surface area contributed by atoms with Crippen LogP contribution in [-0.2, 0) is 0 Å². The predicted octanol–water partition coefficient (Wildman–Crippen LogP) is 2.56. The molecule has 1 aliphatic heterocycles. The van der Waals surface area contributed by atoms with Crippen molar-refractivity contribution in [2.75, 3.05) is 27.9 Å². The van der Waals surface area contributed by atoms with E-state index in [9.17, 15) is 0 Å². The Hall–Kier alpha value is -1.13. The fraction of sp³-hybridized carbons (Fsp3) is 0.538. The van der Waals surface area contributed by atoms with Gasteiger partial charge < -0.3 is 19.5 Å². The molecule has 1 fully saturated rings. The molecule has 1 N–H and O–H groups in total. The van der Waals surface area contributed by atoms with Crippen molar-refractivity contribution in [1.82, 2.24) is 5.32 Å². The second kappa shape index (κ2) is 6.71. The van der Waals surface area contributed by atoms with Crippen molar-refractivity contribution in [1.29, 1.82) is 0 Å². The molecule has 1 aliphatic rings. The van der Waals surface area contributed by atoms with Gasteiger partial charge >= 0.3 is 0 Å². The Morgan fingerprint density at radius 3 is 2.06 bits per heavy atom. The Morgan fingerprint density at radius 2 is 1.67 bits per heavy atom. The number of methoxy groups -OCH3 is 3. The van der Waals surface area contributed by atoms with Gasteiger partial charge in [-0.15, -0.1) is 12.4 Å². The Labute approximate surface area is 114 Å². The van der Waals surface area contributed by atoms with Crippen molar-refractivity contribution in [3.63, 3.8) is 0 Å². The second-order valence-electron chi connectivity index (χ2n) is 4.11. The minimum Gasteiger partial charge on any atom is -0.493 e. The predicted molar refractivity (Wildman–Crippen MR) is 73.3 cm³/mol. The number of rotatable bonds is 4. The molecule has 1 atom stereocenters. The van der Waals surface area contributed by atoms with Gasteiger partial charge in [-0.25, -0.2) is 0 Å². The molecule has 5 heteroatoms. The summed E-state index contributed by atoms with van der Waals surface area (Å²) in [6.07, 6.45) is 2.36. The molecule has 1 heterocycles. The quantitative estimate of drug-likeness (QED) is 0.915. The number of halogens is 1. The van der Waals surface area contributed by atoms with Crippen molar-refractivity contribution < 1.29 is 14.2 Å². The average Bonchev–Trinajstić information content (AvgIpc) is 2.90. The largest absolute Gasteiger partial charge is 0.493 e. The Balaban J connectivity index is 0.00000162. The molecule has 0 amide bonds. The number of benzene rings is 1. The smallest absolute Gasteiger partial charge is 0.203 e. The molecule has 4 nitrogen and oxygen atoms in total. The van der Waals surface area contributed by atoms with Crippen LogP contribution in [0.5, 0.6) is 17.2 Å². The SMILES string of the molecule is COc1cc(C2CCCN2)cc(OC)c1OC.Cl. The lowest BCUT2D eigenvalue weighted by atomic mass is 10.0. The highest BCUT2D eigenvalue weighted by atomic mass is 35.5. The van der Waals surface area contributed by atoms with Gasteiger partial charge in [0.25, 0.3) is 0 Å². The topological polar surface area (TPSA) is 39.7 Å². The minimum atomic E-state index is 0. The molecule has 2 rings (SSSR count). The minimum absolute atomic E-state index is 0. The van der Waals surface area contributed by atoms with Crippen LogP contribution in [0.3, 0.4) is 0 Å². The molecule has 0 aromatic heterocycles. The third-order valence-electron chi connectivity index (χ3n) is 3.15. The molecule has 1 aromatic rings. The molecular weight excluding hydrogens is 254 g/mol. The summed E-state index contributed by atoms with van der Waals surface area (Å²) in [7, 11) is 4.90. The van der Waals surface area contributed by atoms with Gasteiger partial charge in [-0.2, -0.15) is 0 Å². The van der Waals surface area contributed by atoms with E-state index in [0.29, 0.717) is 11.8 Å². The van der Waals surface area contributed by atoms with E-state index in [1.54, 1.807) is 21.3 Å². The van der Waals surface area contributed by atoms with Crippen LogP contribution in [0.4, 0.5) is 0 Å². The maximum atomic E-state index is 5.35. The van der Waals surface area contributed by atoms with E-state index in [2.05, 4.69) is 5.32 Å². The first-order valence-electron chi connectivity index (χ1n) is 5.83. The van der Waals surface area contributed by atoms with Crippen LogP contribution in [0.2, 0.25) is 0 Å². The molecule has 0 radical (unpaired) electrons. The van der Waals surface area contributed by atoms with Gasteiger partial charge in [-0.1, -0.05) is 0 Å². The number of hydrogen-bond acceptors (Lipinski definition) is 4. The summed E-state index contributed by atoms with van der Waals surface area (Å²) in [5.41, 5.74) is 1.19. The zero-order valence-corrected chi connectivity index (χ0v) is 11.8. The monoisotopic (exact) mass is 273 g/mol. The molecule has 0 saturated carbocycles. The normalized spacial score (nSPS) is 18.1. The first-order valence-corrected chi connectivity index (χ1v) is 5.83. The Morgan fingerprint density at radius 1 is 1.06 bits per heavy atom. The first kappa shape index (κ1) is 14.9. The van der Waals surface area contributed by atoms with E-state index < -0.39 is 0 Å². The lowest BCUT2D eigenvalue weighted by Crippen LogP contribution is -2.13. The number of nitrogens with one attached hydrogen (secondary N) is 1.